The van der Waals surface area contributed by atoms with Gasteiger partial charge in [-0.15, -0.1) is 0 Å². The molecule has 2 atom stereocenters. The fourth-order valence-electron chi connectivity index (χ4n) is 6.79. The van der Waals surface area contributed by atoms with Crippen molar-refractivity contribution in [1.29, 1.82) is 0 Å². The van der Waals surface area contributed by atoms with Crippen LogP contribution in [0.25, 0.3) is 15.6 Å². The number of hydrogen-bond donors (Lipinski definition) is 0. The lowest BCUT2D eigenvalue weighted by Gasteiger charge is -2.33. The first-order valence-corrected chi connectivity index (χ1v) is 14.6. The van der Waals surface area contributed by atoms with E-state index in [1.54, 1.807) is 0 Å². The predicted molar refractivity (Wildman–Crippen MR) is 158 cm³/mol. The Balaban J connectivity index is 1.36. The third-order valence-corrected chi connectivity index (χ3v) is 8.92. The number of rotatable bonds is 6. The monoisotopic (exact) mass is 524 g/mol. The van der Waals surface area contributed by atoms with E-state index >= 15 is 0 Å². The summed E-state index contributed by atoms with van der Waals surface area (Å²) in [6.07, 6.45) is 6.61. The summed E-state index contributed by atoms with van der Waals surface area (Å²) in [6, 6.07) is 14.1. The van der Waals surface area contributed by atoms with Gasteiger partial charge in [-0.1, -0.05) is 30.3 Å². The molecule has 7 heteroatoms. The molecule has 7 nitrogen and oxygen atoms in total. The number of aryl methyl sites for hydroxylation is 1. The predicted octanol–water partition coefficient (Wildman–Crippen LogP) is 5.50. The standard InChI is InChI=1S/C32H40N6O/c1-23-9-4-11-25-12-5-15-29(30(23)25)37-17-8-14-27-28(21-37)34-32(39-22-26-13-7-16-36(26)3)35-31(27)38-18-6-10-24(20-38)19-33-2/h4-5,9,11-12,15,24,26H,6-8,10,13-14,16-22H2,1,3H3/t24-,26-/m0/s1. The van der Waals surface area contributed by atoms with Crippen LogP contribution in [0.4, 0.5) is 11.5 Å². The van der Waals surface area contributed by atoms with Crippen molar-refractivity contribution in [3.63, 3.8) is 0 Å². The molecule has 6 rings (SSSR count). The van der Waals surface area contributed by atoms with Gasteiger partial charge in [-0.05, 0) is 76.1 Å². The molecule has 3 aliphatic heterocycles. The number of benzene rings is 2. The first-order valence-electron chi connectivity index (χ1n) is 14.6. The first-order chi connectivity index (χ1) is 19.1. The molecule has 0 N–H and O–H groups in total. The zero-order chi connectivity index (χ0) is 26.8. The highest BCUT2D eigenvalue weighted by Gasteiger charge is 2.30. The van der Waals surface area contributed by atoms with E-state index in [4.69, 9.17) is 21.3 Å². The zero-order valence-electron chi connectivity index (χ0n) is 23.4. The van der Waals surface area contributed by atoms with Crippen LogP contribution in [0, 0.1) is 19.4 Å². The minimum absolute atomic E-state index is 0.402. The summed E-state index contributed by atoms with van der Waals surface area (Å²) in [4.78, 5) is 21.2. The normalized spacial score (nSPS) is 22.0. The van der Waals surface area contributed by atoms with Crippen LogP contribution in [-0.2, 0) is 13.0 Å². The molecule has 0 radical (unpaired) electrons. The van der Waals surface area contributed by atoms with Crippen molar-refractivity contribution < 1.29 is 4.74 Å². The fraction of sp³-hybridized carbons (Fsp3) is 0.531. The lowest BCUT2D eigenvalue weighted by Crippen LogP contribution is -2.38. The Hall–Kier alpha value is -3.37. The maximum Gasteiger partial charge on any atom is 0.318 e. The van der Waals surface area contributed by atoms with E-state index in [0.717, 1.165) is 76.3 Å². The van der Waals surface area contributed by atoms with Crippen LogP contribution in [-0.4, -0.2) is 67.3 Å². The summed E-state index contributed by atoms with van der Waals surface area (Å²) < 4.78 is 6.35. The van der Waals surface area contributed by atoms with Crippen LogP contribution < -0.4 is 14.5 Å². The molecule has 2 fully saturated rings. The number of likely N-dealkylation sites (N-methyl/N-ethyl adjacent to an activating group) is 1. The molecule has 39 heavy (non-hydrogen) atoms. The summed E-state index contributed by atoms with van der Waals surface area (Å²) in [7, 11) is 2.18. The van der Waals surface area contributed by atoms with Gasteiger partial charge in [-0.25, -0.2) is 6.57 Å². The molecule has 0 amide bonds. The molecule has 2 saturated heterocycles. The molecular weight excluding hydrogens is 484 g/mol. The van der Waals surface area contributed by atoms with Gasteiger partial charge in [0.1, 0.15) is 12.4 Å². The maximum atomic E-state index is 7.40. The van der Waals surface area contributed by atoms with Gasteiger partial charge in [-0.2, -0.15) is 9.97 Å². The molecule has 4 heterocycles. The highest BCUT2D eigenvalue weighted by Crippen LogP contribution is 2.36. The molecule has 0 spiro atoms. The van der Waals surface area contributed by atoms with Gasteiger partial charge in [0, 0.05) is 48.2 Å². The average Bonchev–Trinajstić information content (AvgIpc) is 3.24. The van der Waals surface area contributed by atoms with Crippen molar-refractivity contribution in [3.05, 3.63) is 64.6 Å². The van der Waals surface area contributed by atoms with Crippen molar-refractivity contribution in [2.75, 3.05) is 56.2 Å². The summed E-state index contributed by atoms with van der Waals surface area (Å²) in [5.41, 5.74) is 4.94. The van der Waals surface area contributed by atoms with Gasteiger partial charge in [-0.3, -0.25) is 0 Å². The van der Waals surface area contributed by atoms with Gasteiger partial charge in [0.05, 0.1) is 12.2 Å². The van der Waals surface area contributed by atoms with Gasteiger partial charge in [0.15, 0.2) is 0 Å². The van der Waals surface area contributed by atoms with Crippen LogP contribution in [0.2, 0.25) is 0 Å². The zero-order valence-corrected chi connectivity index (χ0v) is 23.4. The summed E-state index contributed by atoms with van der Waals surface area (Å²) >= 11 is 0. The number of hydrogen-bond acceptors (Lipinski definition) is 6. The number of nitrogens with zero attached hydrogens (tertiary/aromatic N) is 6. The molecule has 3 aromatic rings. The van der Waals surface area contributed by atoms with E-state index in [0.29, 0.717) is 31.1 Å². The quantitative estimate of drug-likeness (QED) is 0.397. The number of fused-ring (bicyclic) bond motifs is 2. The molecule has 3 aliphatic rings. The highest BCUT2D eigenvalue weighted by molar-refractivity contribution is 5.96. The summed E-state index contributed by atoms with van der Waals surface area (Å²) in [6.45, 7) is 15.6. The second-order valence-corrected chi connectivity index (χ2v) is 11.6. The Labute approximate surface area is 232 Å². The average molecular weight is 525 g/mol. The van der Waals surface area contributed by atoms with Crippen LogP contribution >= 0.6 is 0 Å². The van der Waals surface area contributed by atoms with E-state index < -0.39 is 0 Å². The number of ether oxygens (including phenoxy) is 1. The fourth-order valence-corrected chi connectivity index (χ4v) is 6.79. The van der Waals surface area contributed by atoms with Crippen molar-refractivity contribution >= 4 is 22.3 Å². The summed E-state index contributed by atoms with van der Waals surface area (Å²) in [5, 5.41) is 2.61. The van der Waals surface area contributed by atoms with Gasteiger partial charge >= 0.3 is 6.01 Å². The van der Waals surface area contributed by atoms with E-state index in [9.17, 15) is 0 Å². The molecule has 0 unspecified atom stereocenters. The highest BCUT2D eigenvalue weighted by atomic mass is 16.5. The number of piperidine rings is 1. The Morgan fingerprint density at radius 2 is 1.82 bits per heavy atom. The molecule has 1 aromatic heterocycles. The molecule has 0 saturated carbocycles. The number of anilines is 2. The van der Waals surface area contributed by atoms with Crippen molar-refractivity contribution in [2.45, 2.75) is 58.0 Å². The van der Waals surface area contributed by atoms with Crippen molar-refractivity contribution in [1.82, 2.24) is 14.9 Å². The number of likely N-dealkylation sites (tertiary alicyclic amines) is 1. The largest absolute Gasteiger partial charge is 0.462 e. The van der Waals surface area contributed by atoms with Crippen molar-refractivity contribution in [2.24, 2.45) is 5.92 Å². The minimum atomic E-state index is 0.402. The van der Waals surface area contributed by atoms with E-state index in [-0.39, 0.29) is 0 Å². The van der Waals surface area contributed by atoms with E-state index in [1.807, 2.05) is 0 Å². The van der Waals surface area contributed by atoms with Gasteiger partial charge in [0.2, 0.25) is 6.54 Å². The SMILES string of the molecule is [C-]#[N+]C[C@@H]1CCCN(c2nc(OC[C@@H]3CCCN3C)nc3c2CCCN(c2cccc4cccc(C)c24)C3)C1. The van der Waals surface area contributed by atoms with Gasteiger partial charge < -0.3 is 24.3 Å². The van der Waals surface area contributed by atoms with Crippen LogP contribution in [0.5, 0.6) is 6.01 Å². The molecular formula is C32H40N6O. The first kappa shape index (κ1) is 25.9. The third kappa shape index (κ3) is 5.40. The second kappa shape index (κ2) is 11.4. The molecule has 0 bridgehead atoms. The number of aromatic nitrogens is 2. The molecule has 0 aliphatic carbocycles. The Bertz CT molecular complexity index is 1360. The van der Waals surface area contributed by atoms with Crippen LogP contribution in [0.1, 0.15) is 48.9 Å². The Kier molecular flexibility index (Phi) is 7.56. The second-order valence-electron chi connectivity index (χ2n) is 11.6. The van der Waals surface area contributed by atoms with Crippen LogP contribution in [0.15, 0.2) is 36.4 Å². The summed E-state index contributed by atoms with van der Waals surface area (Å²) in [5.74, 6) is 1.44. The lowest BCUT2D eigenvalue weighted by atomic mass is 9.97. The lowest BCUT2D eigenvalue weighted by molar-refractivity contribution is 0.187. The molecule has 204 valence electrons. The Morgan fingerprint density at radius 3 is 2.64 bits per heavy atom. The molecule has 2 aromatic carbocycles. The maximum absolute atomic E-state index is 7.40. The smallest absolute Gasteiger partial charge is 0.318 e. The Morgan fingerprint density at radius 1 is 1.00 bits per heavy atom. The minimum Gasteiger partial charge on any atom is -0.462 e. The van der Waals surface area contributed by atoms with Crippen LogP contribution in [0.3, 0.4) is 0 Å². The van der Waals surface area contributed by atoms with Gasteiger partial charge in [0.25, 0.3) is 0 Å². The van der Waals surface area contributed by atoms with E-state index in [1.165, 1.54) is 34.0 Å². The topological polar surface area (TPSA) is 49.1 Å². The third-order valence-electron chi connectivity index (χ3n) is 8.92. The van der Waals surface area contributed by atoms with Crippen molar-refractivity contribution in [3.8, 4) is 6.01 Å². The van der Waals surface area contributed by atoms with E-state index in [2.05, 4.69) is 69.9 Å².